The molecule has 5 aliphatic rings. The van der Waals surface area contributed by atoms with Crippen molar-refractivity contribution in [3.05, 3.63) is 187 Å². The van der Waals surface area contributed by atoms with Crippen molar-refractivity contribution in [2.45, 2.75) is 37.5 Å². The molecule has 14 rings (SSSR count). The third kappa shape index (κ3) is 6.05. The van der Waals surface area contributed by atoms with E-state index in [1.807, 2.05) is 103 Å². The fourth-order valence-electron chi connectivity index (χ4n) is 12.1. The van der Waals surface area contributed by atoms with E-state index in [9.17, 15) is 0 Å². The molecular formula is C57H43N7. The Bertz CT molecular complexity index is 3080. The summed E-state index contributed by atoms with van der Waals surface area (Å²) in [5.74, 6) is 6.65. The molecule has 9 aromatic rings. The SMILES string of the molecule is c1ccc(-c2nc(-c3ccccc3)nc(-c3ccc4c(c3)C3(c5cc(-c6cccc(-c7nc(-c8ccccc8)nc(-c8ccccc8)n7)n6)ccc5-4)C4CC5CC(C4)CC3C5)n2)cc1. The van der Waals surface area contributed by atoms with E-state index in [2.05, 4.69) is 72.8 Å². The van der Waals surface area contributed by atoms with E-state index in [4.69, 9.17) is 34.9 Å². The lowest BCUT2D eigenvalue weighted by molar-refractivity contribution is -0.0399. The van der Waals surface area contributed by atoms with Crippen LogP contribution in [0.3, 0.4) is 0 Å². The molecule has 0 unspecified atom stereocenters. The van der Waals surface area contributed by atoms with E-state index < -0.39 is 0 Å². The number of benzene rings is 6. The summed E-state index contributed by atoms with van der Waals surface area (Å²) < 4.78 is 0. The van der Waals surface area contributed by atoms with Gasteiger partial charge in [0, 0.05) is 38.8 Å². The fraction of sp³-hybridized carbons (Fsp3) is 0.175. The summed E-state index contributed by atoms with van der Waals surface area (Å²) in [6, 6.07) is 61.2. The molecule has 64 heavy (non-hydrogen) atoms. The number of hydrogen-bond donors (Lipinski definition) is 0. The van der Waals surface area contributed by atoms with Crippen LogP contribution >= 0.6 is 0 Å². The lowest BCUT2D eigenvalue weighted by Crippen LogP contribution is -2.55. The lowest BCUT2D eigenvalue weighted by Gasteiger charge is -2.61. The monoisotopic (exact) mass is 825 g/mol. The molecule has 0 aliphatic heterocycles. The summed E-state index contributed by atoms with van der Waals surface area (Å²) in [7, 11) is 0. The minimum atomic E-state index is -0.0946. The molecule has 1 spiro atoms. The zero-order chi connectivity index (χ0) is 42.2. The van der Waals surface area contributed by atoms with E-state index in [0.29, 0.717) is 52.5 Å². The zero-order valence-electron chi connectivity index (χ0n) is 35.2. The van der Waals surface area contributed by atoms with Gasteiger partial charge in [-0.1, -0.05) is 152 Å². The average molecular weight is 826 g/mol. The molecule has 4 saturated carbocycles. The molecule has 0 radical (unpaired) electrons. The topological polar surface area (TPSA) is 90.2 Å². The van der Waals surface area contributed by atoms with Gasteiger partial charge < -0.3 is 0 Å². The molecule has 4 bridgehead atoms. The number of nitrogens with zero attached hydrogens (tertiary/aromatic N) is 7. The Labute approximate surface area is 372 Å². The first-order valence-corrected chi connectivity index (χ1v) is 22.7. The molecular weight excluding hydrogens is 783 g/mol. The molecule has 5 aliphatic carbocycles. The Hall–Kier alpha value is -7.51. The van der Waals surface area contributed by atoms with Crippen molar-refractivity contribution in [2.24, 2.45) is 23.7 Å². The van der Waals surface area contributed by atoms with Crippen LogP contribution in [-0.4, -0.2) is 34.9 Å². The quantitative estimate of drug-likeness (QED) is 0.158. The van der Waals surface area contributed by atoms with Gasteiger partial charge in [-0.05, 0) is 102 Å². The Morgan fingerprint density at radius 2 is 0.672 bits per heavy atom. The first-order chi connectivity index (χ1) is 31.6. The second-order valence-corrected chi connectivity index (χ2v) is 18.2. The van der Waals surface area contributed by atoms with Crippen LogP contribution in [0.4, 0.5) is 0 Å². The van der Waals surface area contributed by atoms with Gasteiger partial charge in [0.25, 0.3) is 0 Å². The molecule has 3 aromatic heterocycles. The maximum Gasteiger partial charge on any atom is 0.182 e. The fourth-order valence-corrected chi connectivity index (χ4v) is 12.1. The van der Waals surface area contributed by atoms with Gasteiger partial charge in [0.2, 0.25) is 0 Å². The molecule has 0 saturated heterocycles. The molecule has 7 nitrogen and oxygen atoms in total. The summed E-state index contributed by atoms with van der Waals surface area (Å²) in [4.78, 5) is 35.7. The van der Waals surface area contributed by atoms with Crippen LogP contribution in [0.25, 0.3) is 90.8 Å². The van der Waals surface area contributed by atoms with Gasteiger partial charge >= 0.3 is 0 Å². The maximum atomic E-state index is 5.33. The van der Waals surface area contributed by atoms with Crippen molar-refractivity contribution in [3.63, 3.8) is 0 Å². The number of pyridine rings is 1. The van der Waals surface area contributed by atoms with Crippen molar-refractivity contribution in [2.75, 3.05) is 0 Å². The Kier molecular flexibility index (Phi) is 8.58. The van der Waals surface area contributed by atoms with Crippen molar-refractivity contribution in [1.82, 2.24) is 34.9 Å². The highest BCUT2D eigenvalue weighted by molar-refractivity contribution is 5.86. The van der Waals surface area contributed by atoms with Crippen LogP contribution in [0.5, 0.6) is 0 Å². The van der Waals surface area contributed by atoms with E-state index in [-0.39, 0.29) is 5.41 Å². The second kappa shape index (κ2) is 14.8. The zero-order valence-corrected chi connectivity index (χ0v) is 35.2. The van der Waals surface area contributed by atoms with Crippen LogP contribution < -0.4 is 0 Å². The summed E-state index contributed by atoms with van der Waals surface area (Å²) in [6.07, 6.45) is 6.52. The second-order valence-electron chi connectivity index (χ2n) is 18.2. The van der Waals surface area contributed by atoms with Crippen molar-refractivity contribution >= 4 is 0 Å². The summed E-state index contributed by atoms with van der Waals surface area (Å²) in [5.41, 5.74) is 13.1. The minimum Gasteiger partial charge on any atom is -0.244 e. The molecule has 306 valence electrons. The molecule has 0 atom stereocenters. The molecule has 4 fully saturated rings. The first-order valence-electron chi connectivity index (χ1n) is 22.7. The van der Waals surface area contributed by atoms with Crippen molar-refractivity contribution < 1.29 is 0 Å². The van der Waals surface area contributed by atoms with Gasteiger partial charge in [0.05, 0.1) is 5.69 Å². The number of hydrogen-bond acceptors (Lipinski definition) is 7. The largest absolute Gasteiger partial charge is 0.244 e. The summed E-state index contributed by atoms with van der Waals surface area (Å²) >= 11 is 0. The smallest absolute Gasteiger partial charge is 0.182 e. The van der Waals surface area contributed by atoms with Crippen molar-refractivity contribution in [1.29, 1.82) is 0 Å². The summed E-state index contributed by atoms with van der Waals surface area (Å²) in [6.45, 7) is 0. The number of aromatic nitrogens is 7. The van der Waals surface area contributed by atoms with Gasteiger partial charge in [-0.3, -0.25) is 0 Å². The maximum absolute atomic E-state index is 5.33. The third-order valence-electron chi connectivity index (χ3n) is 14.6. The first kappa shape index (κ1) is 37.1. The minimum absolute atomic E-state index is 0.0946. The van der Waals surface area contributed by atoms with Crippen LogP contribution in [0.1, 0.15) is 43.2 Å². The van der Waals surface area contributed by atoms with Crippen LogP contribution in [0.15, 0.2) is 176 Å². The normalized spacial score (nSPS) is 21.2. The molecule has 6 aromatic carbocycles. The van der Waals surface area contributed by atoms with Gasteiger partial charge in [-0.2, -0.15) is 0 Å². The van der Waals surface area contributed by atoms with Gasteiger partial charge in [-0.15, -0.1) is 0 Å². The Balaban J connectivity index is 0.941. The molecule has 7 heteroatoms. The number of rotatable bonds is 7. The van der Waals surface area contributed by atoms with Crippen LogP contribution in [-0.2, 0) is 5.41 Å². The third-order valence-corrected chi connectivity index (χ3v) is 14.6. The van der Waals surface area contributed by atoms with Crippen LogP contribution in [0, 0.1) is 23.7 Å². The molecule has 3 heterocycles. The number of fused-ring (bicyclic) bond motifs is 3. The van der Waals surface area contributed by atoms with E-state index >= 15 is 0 Å². The summed E-state index contributed by atoms with van der Waals surface area (Å²) in [5, 5.41) is 0. The highest BCUT2D eigenvalue weighted by Gasteiger charge is 2.61. The standard InChI is InChI=1S/C57H43N7/c1-5-14-37(15-6-1)51-59-52(38-16-7-2-8-17-38)62-55(61-51)42-25-27-46-45-26-24-41(33-47(45)57(48(46)34-42)43-29-35-28-36(31-43)32-44(57)30-35)49-22-13-23-50(58-49)56-63-53(39-18-9-3-10-19-39)60-54(64-56)40-20-11-4-12-21-40/h1-27,33-36,43-44H,28-32H2. The van der Waals surface area contributed by atoms with E-state index in [0.717, 1.165) is 50.9 Å². The van der Waals surface area contributed by atoms with E-state index in [1.54, 1.807) is 0 Å². The van der Waals surface area contributed by atoms with E-state index in [1.165, 1.54) is 54.4 Å². The average Bonchev–Trinajstić information content (AvgIpc) is 3.65. The van der Waals surface area contributed by atoms with Crippen LogP contribution in [0.2, 0.25) is 0 Å². The van der Waals surface area contributed by atoms with Gasteiger partial charge in [0.15, 0.2) is 34.9 Å². The van der Waals surface area contributed by atoms with Gasteiger partial charge in [-0.25, -0.2) is 34.9 Å². The molecule has 0 N–H and O–H groups in total. The molecule has 0 amide bonds. The highest BCUT2D eigenvalue weighted by Crippen LogP contribution is 2.69. The Morgan fingerprint density at radius 1 is 0.297 bits per heavy atom. The predicted molar refractivity (Wildman–Crippen MR) is 252 cm³/mol. The highest BCUT2D eigenvalue weighted by atomic mass is 15.1. The van der Waals surface area contributed by atoms with Crippen molar-refractivity contribution in [3.8, 4) is 90.8 Å². The predicted octanol–water partition coefficient (Wildman–Crippen LogP) is 12.8. The Morgan fingerprint density at radius 3 is 1.12 bits per heavy atom. The van der Waals surface area contributed by atoms with Gasteiger partial charge in [0.1, 0.15) is 5.69 Å². The lowest BCUT2D eigenvalue weighted by atomic mass is 9.43.